The van der Waals surface area contributed by atoms with Crippen molar-refractivity contribution in [2.75, 3.05) is 0 Å². The fourth-order valence-corrected chi connectivity index (χ4v) is 3.12. The molecule has 15 heavy (non-hydrogen) atoms. The van der Waals surface area contributed by atoms with Crippen molar-refractivity contribution in [3.8, 4) is 0 Å². The van der Waals surface area contributed by atoms with Gasteiger partial charge in [-0.2, -0.15) is 0 Å². The molecule has 3 rings (SSSR count). The maximum Gasteiger partial charge on any atom is 0.0293 e. The molecule has 3 fully saturated rings. The number of hydrogen-bond donors (Lipinski definition) is 1. The monoisotopic (exact) mass is 210 g/mol. The molecule has 0 aromatic heterocycles. The molecule has 2 saturated heterocycles. The van der Waals surface area contributed by atoms with E-state index in [9.17, 15) is 0 Å². The summed E-state index contributed by atoms with van der Waals surface area (Å²) in [7, 11) is 0. The molecule has 0 aromatic carbocycles. The zero-order chi connectivity index (χ0) is 11.4. The number of hydrazine groups is 1. The van der Waals surface area contributed by atoms with E-state index in [-0.39, 0.29) is 5.54 Å². The molecule has 0 spiro atoms. The Morgan fingerprint density at radius 2 is 1.53 bits per heavy atom. The first-order valence-corrected chi connectivity index (χ1v) is 6.25. The summed E-state index contributed by atoms with van der Waals surface area (Å²) in [5, 5.41) is 2.50. The first kappa shape index (κ1) is 11.4. The maximum atomic E-state index is 3.77. The fourth-order valence-electron chi connectivity index (χ4n) is 3.12. The van der Waals surface area contributed by atoms with E-state index >= 15 is 0 Å². The minimum absolute atomic E-state index is 0.250. The number of nitrogens with zero attached hydrogens (tertiary/aromatic N) is 1. The first-order valence-electron chi connectivity index (χ1n) is 6.25. The van der Waals surface area contributed by atoms with Crippen molar-refractivity contribution in [3.63, 3.8) is 0 Å². The molecule has 1 atom stereocenters. The zero-order valence-corrected chi connectivity index (χ0v) is 11.1. The van der Waals surface area contributed by atoms with Gasteiger partial charge in [-0.1, -0.05) is 20.8 Å². The quantitative estimate of drug-likeness (QED) is 0.661. The van der Waals surface area contributed by atoms with Crippen LogP contribution in [-0.2, 0) is 0 Å². The van der Waals surface area contributed by atoms with Crippen molar-refractivity contribution < 1.29 is 0 Å². The summed E-state index contributed by atoms with van der Waals surface area (Å²) in [6.07, 6.45) is 2.79. The Morgan fingerprint density at radius 3 is 1.93 bits per heavy atom. The van der Waals surface area contributed by atoms with E-state index in [2.05, 4.69) is 52.0 Å². The molecule has 2 nitrogen and oxygen atoms in total. The van der Waals surface area contributed by atoms with Gasteiger partial charge in [-0.25, -0.2) is 5.01 Å². The highest BCUT2D eigenvalue weighted by Gasteiger charge is 2.50. The summed E-state index contributed by atoms with van der Waals surface area (Å²) in [6, 6.07) is 1.44. The van der Waals surface area contributed by atoms with E-state index in [1.165, 1.54) is 12.8 Å². The summed E-state index contributed by atoms with van der Waals surface area (Å²) in [6.45, 7) is 14.0. The lowest BCUT2D eigenvalue weighted by atomic mass is 9.65. The third-order valence-electron chi connectivity index (χ3n) is 3.92. The second-order valence-electron chi connectivity index (χ2n) is 7.40. The molecule has 0 radical (unpaired) electrons. The SMILES string of the molecule is CC(C)(C)C1NN(C(C)(C)C)C2CC1C2. The molecule has 88 valence electrons. The second-order valence-corrected chi connectivity index (χ2v) is 7.40. The first-order chi connectivity index (χ1) is 6.69. The Kier molecular flexibility index (Phi) is 2.44. The third kappa shape index (κ3) is 1.94. The number of rotatable bonds is 0. The van der Waals surface area contributed by atoms with Crippen molar-refractivity contribution in [2.45, 2.75) is 72.0 Å². The highest BCUT2D eigenvalue weighted by Crippen LogP contribution is 2.45. The van der Waals surface area contributed by atoms with Crippen LogP contribution >= 0.6 is 0 Å². The summed E-state index contributed by atoms with van der Waals surface area (Å²) in [5.41, 5.74) is 4.39. The number of hydrogen-bond acceptors (Lipinski definition) is 2. The Balaban J connectivity index is 2.13. The van der Waals surface area contributed by atoms with Gasteiger partial charge in [0.05, 0.1) is 0 Å². The predicted molar refractivity (Wildman–Crippen MR) is 64.5 cm³/mol. The van der Waals surface area contributed by atoms with Crippen LogP contribution in [0, 0.1) is 11.3 Å². The average Bonchev–Trinajstić information content (AvgIpc) is 1.98. The minimum atomic E-state index is 0.250. The molecule has 1 aliphatic carbocycles. The highest BCUT2D eigenvalue weighted by atomic mass is 15.6. The number of nitrogens with one attached hydrogen (secondary N) is 1. The standard InChI is InChI=1S/C13H26N2/c1-12(2,3)11-9-7-10(8-9)15(14-11)13(4,5)6/h9-11,14H,7-8H2,1-6H3. The molecule has 1 N–H and O–H groups in total. The van der Waals surface area contributed by atoms with Gasteiger partial charge < -0.3 is 0 Å². The molecule has 2 heterocycles. The van der Waals surface area contributed by atoms with Gasteiger partial charge in [0.25, 0.3) is 0 Å². The van der Waals surface area contributed by atoms with Gasteiger partial charge in [0.2, 0.25) is 0 Å². The predicted octanol–water partition coefficient (Wildman–Crippen LogP) is 2.80. The summed E-state index contributed by atoms with van der Waals surface area (Å²) >= 11 is 0. The lowest BCUT2D eigenvalue weighted by Crippen LogP contribution is -2.72. The lowest BCUT2D eigenvalue weighted by molar-refractivity contribution is -0.135. The van der Waals surface area contributed by atoms with Crippen LogP contribution < -0.4 is 5.43 Å². The third-order valence-corrected chi connectivity index (χ3v) is 3.92. The Bertz CT molecular complexity index is 216. The molecule has 1 unspecified atom stereocenters. The smallest absolute Gasteiger partial charge is 0.0293 e. The van der Waals surface area contributed by atoms with E-state index in [4.69, 9.17) is 0 Å². The van der Waals surface area contributed by atoms with Gasteiger partial charge in [0.15, 0.2) is 0 Å². The Hall–Kier alpha value is -0.0800. The summed E-state index contributed by atoms with van der Waals surface area (Å²) in [5.74, 6) is 0.911. The van der Waals surface area contributed by atoms with E-state index in [1.807, 2.05) is 0 Å². The topological polar surface area (TPSA) is 15.3 Å². The van der Waals surface area contributed by atoms with Crippen LogP contribution in [-0.4, -0.2) is 22.6 Å². The van der Waals surface area contributed by atoms with Gasteiger partial charge >= 0.3 is 0 Å². The van der Waals surface area contributed by atoms with Crippen molar-refractivity contribution in [1.82, 2.24) is 10.4 Å². The molecule has 0 aromatic rings. The van der Waals surface area contributed by atoms with Gasteiger partial charge in [-0.3, -0.25) is 5.43 Å². The van der Waals surface area contributed by atoms with Crippen molar-refractivity contribution in [3.05, 3.63) is 0 Å². The van der Waals surface area contributed by atoms with E-state index in [1.54, 1.807) is 0 Å². The highest BCUT2D eigenvalue weighted by molar-refractivity contribution is 5.03. The van der Waals surface area contributed by atoms with Gasteiger partial charge in [0.1, 0.15) is 0 Å². The van der Waals surface area contributed by atoms with Gasteiger partial charge in [0, 0.05) is 17.6 Å². The van der Waals surface area contributed by atoms with Crippen LogP contribution in [0.3, 0.4) is 0 Å². The molecular formula is C13H26N2. The summed E-state index contributed by atoms with van der Waals surface area (Å²) < 4.78 is 0. The van der Waals surface area contributed by atoms with E-state index in [0.717, 1.165) is 12.0 Å². The largest absolute Gasteiger partial charge is 0.251 e. The molecule has 0 amide bonds. The van der Waals surface area contributed by atoms with E-state index in [0.29, 0.717) is 11.5 Å². The van der Waals surface area contributed by atoms with Crippen LogP contribution in [0.1, 0.15) is 54.4 Å². The van der Waals surface area contributed by atoms with Gasteiger partial charge in [-0.05, 0) is 44.9 Å². The van der Waals surface area contributed by atoms with Crippen molar-refractivity contribution in [1.29, 1.82) is 0 Å². The lowest BCUT2D eigenvalue weighted by Gasteiger charge is -2.60. The van der Waals surface area contributed by atoms with Crippen LogP contribution in [0.5, 0.6) is 0 Å². The van der Waals surface area contributed by atoms with Crippen molar-refractivity contribution >= 4 is 0 Å². The van der Waals surface area contributed by atoms with Crippen LogP contribution in [0.25, 0.3) is 0 Å². The Labute approximate surface area is 94.4 Å². The molecule has 1 saturated carbocycles. The van der Waals surface area contributed by atoms with Gasteiger partial charge in [-0.15, -0.1) is 0 Å². The maximum absolute atomic E-state index is 3.77. The Morgan fingerprint density at radius 1 is 1.00 bits per heavy atom. The average molecular weight is 210 g/mol. The van der Waals surface area contributed by atoms with Crippen molar-refractivity contribution in [2.24, 2.45) is 11.3 Å². The molecule has 2 aliphatic heterocycles. The van der Waals surface area contributed by atoms with E-state index < -0.39 is 0 Å². The molecular weight excluding hydrogens is 184 g/mol. The minimum Gasteiger partial charge on any atom is -0.251 e. The normalized spacial score (nSPS) is 37.6. The van der Waals surface area contributed by atoms with Crippen LogP contribution in [0.4, 0.5) is 0 Å². The molecule has 2 heteroatoms. The second kappa shape index (κ2) is 3.21. The van der Waals surface area contributed by atoms with Crippen LogP contribution in [0.15, 0.2) is 0 Å². The zero-order valence-electron chi connectivity index (χ0n) is 11.1. The molecule has 2 bridgehead atoms. The van der Waals surface area contributed by atoms with Crippen LogP contribution in [0.2, 0.25) is 0 Å². The molecule has 3 aliphatic rings. The fraction of sp³-hybridized carbons (Fsp3) is 1.00. The summed E-state index contributed by atoms with van der Waals surface area (Å²) in [4.78, 5) is 0. The number of fused-ring (bicyclic) bond motifs is 2.